The number of rotatable bonds is 3. The number of aromatic amines is 1. The van der Waals surface area contributed by atoms with E-state index < -0.39 is 0 Å². The van der Waals surface area contributed by atoms with Crippen LogP contribution >= 0.6 is 23.4 Å². The van der Waals surface area contributed by atoms with Crippen molar-refractivity contribution in [1.29, 1.82) is 0 Å². The van der Waals surface area contributed by atoms with Crippen LogP contribution in [-0.2, 0) is 13.6 Å². The molecule has 7 heteroatoms. The number of nitrogens with one attached hydrogen (secondary N) is 2. The number of thioether (sulfide) groups is 1. The van der Waals surface area contributed by atoms with Crippen LogP contribution in [0.1, 0.15) is 5.56 Å². The van der Waals surface area contributed by atoms with Crippen LogP contribution in [-0.4, -0.2) is 19.8 Å². The van der Waals surface area contributed by atoms with Crippen LogP contribution in [0, 0.1) is 0 Å². The van der Waals surface area contributed by atoms with Crippen LogP contribution in [0.15, 0.2) is 53.8 Å². The van der Waals surface area contributed by atoms with Crippen molar-refractivity contribution in [3.63, 3.8) is 0 Å². The molecule has 0 bridgehead atoms. The molecule has 2 aromatic heterocycles. The van der Waals surface area contributed by atoms with E-state index in [1.165, 1.54) is 0 Å². The van der Waals surface area contributed by atoms with E-state index in [-0.39, 0.29) is 5.24 Å². The summed E-state index contributed by atoms with van der Waals surface area (Å²) in [5.74, 6) is 0. The molecule has 0 unspecified atom stereocenters. The van der Waals surface area contributed by atoms with Gasteiger partial charge in [0.05, 0.1) is 32.9 Å². The summed E-state index contributed by atoms with van der Waals surface area (Å²) in [7, 11) is 1.91. The molecule has 0 fully saturated rings. The van der Waals surface area contributed by atoms with Gasteiger partial charge in [-0.05, 0) is 41.6 Å². The number of aromatic nitrogens is 3. The van der Waals surface area contributed by atoms with Crippen molar-refractivity contribution < 1.29 is 4.79 Å². The highest BCUT2D eigenvalue weighted by Crippen LogP contribution is 2.31. The molecule has 0 saturated heterocycles. The number of fused-ring (bicyclic) bond motifs is 2. The monoisotopic (exact) mass is 370 g/mol. The average Bonchev–Trinajstić information content (AvgIpc) is 3.18. The second-order valence-electron chi connectivity index (χ2n) is 5.72. The fourth-order valence-corrected chi connectivity index (χ4v) is 3.90. The first-order valence-electron chi connectivity index (χ1n) is 7.73. The van der Waals surface area contributed by atoms with Crippen LogP contribution in [0.25, 0.3) is 21.9 Å². The number of para-hydroxylation sites is 1. The molecule has 0 radical (unpaired) electrons. The van der Waals surface area contributed by atoms with E-state index in [4.69, 9.17) is 11.6 Å². The zero-order chi connectivity index (χ0) is 17.4. The number of nitrogens with zero attached hydrogens (tertiary/aromatic N) is 2. The molecule has 0 spiro atoms. The van der Waals surface area contributed by atoms with Gasteiger partial charge < -0.3 is 14.9 Å². The molecule has 2 N–H and O–H groups in total. The number of benzene rings is 2. The van der Waals surface area contributed by atoms with Crippen LogP contribution in [0.3, 0.4) is 0 Å². The Labute approximate surface area is 153 Å². The summed E-state index contributed by atoms with van der Waals surface area (Å²) < 4.78 is 1.94. The number of carbonyl (C=O) groups is 1. The number of halogens is 1. The number of H-pyrrole nitrogens is 1. The van der Waals surface area contributed by atoms with Crippen molar-refractivity contribution in [3.05, 3.63) is 59.4 Å². The molecule has 0 atom stereocenters. The van der Waals surface area contributed by atoms with E-state index in [0.29, 0.717) is 11.6 Å². The van der Waals surface area contributed by atoms with Crippen molar-refractivity contribution in [2.24, 2.45) is 7.05 Å². The number of carbonyl (C=O) groups excluding carboxylic acids is 1. The van der Waals surface area contributed by atoms with Gasteiger partial charge in [0.25, 0.3) is 5.24 Å². The molecule has 4 rings (SSSR count). The molecule has 0 aliphatic rings. The summed E-state index contributed by atoms with van der Waals surface area (Å²) in [6.45, 7) is 0.464. The van der Waals surface area contributed by atoms with E-state index in [1.807, 2.05) is 54.1 Å². The number of amides is 1. The molecule has 2 aromatic carbocycles. The summed E-state index contributed by atoms with van der Waals surface area (Å²) in [4.78, 5) is 19.6. The number of aryl methyl sites for hydroxylation is 1. The maximum Gasteiger partial charge on any atom is 0.285 e. The van der Waals surface area contributed by atoms with Gasteiger partial charge in [0.2, 0.25) is 0 Å². The van der Waals surface area contributed by atoms with Crippen LogP contribution in [0.5, 0.6) is 0 Å². The van der Waals surface area contributed by atoms with Gasteiger partial charge in [-0.15, -0.1) is 0 Å². The summed E-state index contributed by atoms with van der Waals surface area (Å²) in [5.41, 5.74) is 3.83. The van der Waals surface area contributed by atoms with Crippen molar-refractivity contribution in [3.8, 4) is 0 Å². The molecule has 25 heavy (non-hydrogen) atoms. The van der Waals surface area contributed by atoms with Gasteiger partial charge in [-0.3, -0.25) is 4.79 Å². The van der Waals surface area contributed by atoms with Gasteiger partial charge in [-0.1, -0.05) is 29.8 Å². The minimum absolute atomic E-state index is 0.105. The summed E-state index contributed by atoms with van der Waals surface area (Å²) >= 11 is 7.42. The Morgan fingerprint density at radius 2 is 2.20 bits per heavy atom. The first kappa shape index (κ1) is 16.1. The highest BCUT2D eigenvalue weighted by atomic mass is 35.5. The average molecular weight is 371 g/mol. The Hall–Kier alpha value is -2.44. The Morgan fingerprint density at radius 1 is 1.32 bits per heavy atom. The maximum absolute atomic E-state index is 12.3. The second-order valence-corrected chi connectivity index (χ2v) is 7.12. The predicted molar refractivity (Wildman–Crippen MR) is 102 cm³/mol. The van der Waals surface area contributed by atoms with Crippen molar-refractivity contribution in [1.82, 2.24) is 19.9 Å². The topological polar surface area (TPSA) is 62.7 Å². The van der Waals surface area contributed by atoms with E-state index >= 15 is 0 Å². The molecular formula is C18H15ClN4OS. The second kappa shape index (κ2) is 6.46. The van der Waals surface area contributed by atoms with Crippen LogP contribution in [0.4, 0.5) is 4.79 Å². The van der Waals surface area contributed by atoms with E-state index in [0.717, 1.165) is 44.3 Å². The molecular weight excluding hydrogens is 356 g/mol. The Morgan fingerprint density at radius 3 is 3.04 bits per heavy atom. The third-order valence-electron chi connectivity index (χ3n) is 4.08. The third kappa shape index (κ3) is 3.10. The van der Waals surface area contributed by atoms with Crippen molar-refractivity contribution in [2.75, 3.05) is 0 Å². The summed E-state index contributed by atoms with van der Waals surface area (Å²) in [5, 5.41) is 5.38. The van der Waals surface area contributed by atoms with E-state index in [9.17, 15) is 4.79 Å². The fraction of sp³-hybridized carbons (Fsp3) is 0.111. The zero-order valence-corrected chi connectivity index (χ0v) is 15.0. The lowest BCUT2D eigenvalue weighted by atomic mass is 10.2. The minimum atomic E-state index is -0.105. The van der Waals surface area contributed by atoms with Gasteiger partial charge in [0, 0.05) is 19.0 Å². The highest BCUT2D eigenvalue weighted by molar-refractivity contribution is 8.13. The Bertz CT molecular complexity index is 1090. The Balaban J connectivity index is 1.47. The van der Waals surface area contributed by atoms with Crippen molar-refractivity contribution in [2.45, 2.75) is 11.6 Å². The molecule has 2 heterocycles. The first-order chi connectivity index (χ1) is 12.1. The van der Waals surface area contributed by atoms with Crippen LogP contribution < -0.4 is 5.32 Å². The summed E-state index contributed by atoms with van der Waals surface area (Å²) in [6, 6.07) is 13.6. The number of hydrogen-bond acceptors (Lipinski definition) is 3. The Kier molecular flexibility index (Phi) is 4.15. The lowest BCUT2D eigenvalue weighted by molar-refractivity contribution is 0.260. The molecule has 1 amide bonds. The molecule has 126 valence electrons. The largest absolute Gasteiger partial charge is 0.345 e. The smallest absolute Gasteiger partial charge is 0.285 e. The maximum atomic E-state index is 12.3. The van der Waals surface area contributed by atoms with Gasteiger partial charge in [-0.25, -0.2) is 4.98 Å². The lowest BCUT2D eigenvalue weighted by Gasteiger charge is -2.06. The third-order valence-corrected chi connectivity index (χ3v) is 5.32. The lowest BCUT2D eigenvalue weighted by Crippen LogP contribution is -2.18. The molecule has 0 aliphatic heterocycles. The molecule has 0 aliphatic carbocycles. The van der Waals surface area contributed by atoms with Crippen LogP contribution in [0.2, 0.25) is 5.02 Å². The predicted octanol–water partition coefficient (Wildman–Crippen LogP) is 4.71. The standard InChI is InChI=1S/C18H15ClN4OS/c1-23-16(8-12-3-2-4-13(19)17(12)23)25-18(24)20-9-11-5-6-14-15(7-11)22-10-21-14/h2-8,10H,9H2,1H3,(H,20,24)(H,21,22). The van der Waals surface area contributed by atoms with Crippen molar-refractivity contribution >= 4 is 50.5 Å². The summed E-state index contributed by atoms with van der Waals surface area (Å²) in [6.07, 6.45) is 1.66. The first-order valence-corrected chi connectivity index (χ1v) is 8.93. The molecule has 5 nitrogen and oxygen atoms in total. The normalized spacial score (nSPS) is 11.3. The molecule has 4 aromatic rings. The van der Waals surface area contributed by atoms with E-state index in [1.54, 1.807) is 6.33 Å². The van der Waals surface area contributed by atoms with Gasteiger partial charge in [0.1, 0.15) is 0 Å². The quantitative estimate of drug-likeness (QED) is 0.513. The number of hydrogen-bond donors (Lipinski definition) is 2. The SMILES string of the molecule is Cn1c(SC(=O)NCc2ccc3nc[nH]c3c2)cc2cccc(Cl)c21. The van der Waals surface area contributed by atoms with E-state index in [2.05, 4.69) is 15.3 Å². The molecule has 0 saturated carbocycles. The minimum Gasteiger partial charge on any atom is -0.345 e. The fourth-order valence-electron chi connectivity index (χ4n) is 2.84. The van der Waals surface area contributed by atoms with Gasteiger partial charge in [0.15, 0.2) is 0 Å². The highest BCUT2D eigenvalue weighted by Gasteiger charge is 2.13. The van der Waals surface area contributed by atoms with Gasteiger partial charge >= 0.3 is 0 Å². The number of imidazole rings is 1. The van der Waals surface area contributed by atoms with Gasteiger partial charge in [-0.2, -0.15) is 0 Å². The zero-order valence-electron chi connectivity index (χ0n) is 13.4.